The second-order valence-electron chi connectivity index (χ2n) is 3.03. The molecular formula is C11H12ClNO4. The lowest BCUT2D eigenvalue weighted by Crippen LogP contribution is -2.16. The minimum absolute atomic E-state index is 0.174. The number of methoxy groups -OCH3 is 1. The summed E-state index contributed by atoms with van der Waals surface area (Å²) in [4.78, 5) is 22.7. The number of carbonyl (C=O) groups is 2. The molecule has 1 rings (SSSR count). The van der Waals surface area contributed by atoms with Crippen LogP contribution < -0.4 is 5.32 Å². The third-order valence-electron chi connectivity index (χ3n) is 1.90. The zero-order valence-electron chi connectivity index (χ0n) is 9.45. The molecule has 0 spiro atoms. The monoisotopic (exact) mass is 257 g/mol. The molecule has 0 fully saturated rings. The summed E-state index contributed by atoms with van der Waals surface area (Å²) in [5.41, 5.74) is 0.466. The van der Waals surface area contributed by atoms with Gasteiger partial charge in [0, 0.05) is 5.02 Å². The predicted molar refractivity (Wildman–Crippen MR) is 63.4 cm³/mol. The number of esters is 1. The Morgan fingerprint density at radius 3 is 2.71 bits per heavy atom. The smallest absolute Gasteiger partial charge is 0.411 e. The minimum atomic E-state index is -0.639. The molecule has 0 saturated carbocycles. The van der Waals surface area contributed by atoms with Crippen molar-refractivity contribution in [1.29, 1.82) is 0 Å². The normalized spacial score (nSPS) is 9.59. The van der Waals surface area contributed by atoms with Crippen molar-refractivity contribution in [2.24, 2.45) is 0 Å². The van der Waals surface area contributed by atoms with Crippen molar-refractivity contribution < 1.29 is 19.1 Å². The third kappa shape index (κ3) is 3.64. The molecule has 17 heavy (non-hydrogen) atoms. The van der Waals surface area contributed by atoms with Crippen LogP contribution in [0.25, 0.3) is 0 Å². The molecule has 1 aromatic rings. The molecule has 0 bridgehead atoms. The fourth-order valence-corrected chi connectivity index (χ4v) is 1.35. The van der Waals surface area contributed by atoms with Crippen LogP contribution in [0.1, 0.15) is 17.3 Å². The average Bonchev–Trinajstić information content (AvgIpc) is 2.30. The van der Waals surface area contributed by atoms with Crippen LogP contribution in [-0.4, -0.2) is 25.8 Å². The topological polar surface area (TPSA) is 64.6 Å². The van der Waals surface area contributed by atoms with E-state index < -0.39 is 12.1 Å². The van der Waals surface area contributed by atoms with E-state index in [1.54, 1.807) is 13.0 Å². The van der Waals surface area contributed by atoms with Gasteiger partial charge in [-0.05, 0) is 25.1 Å². The highest BCUT2D eigenvalue weighted by molar-refractivity contribution is 6.31. The molecule has 92 valence electrons. The number of halogens is 1. The fraction of sp³-hybridized carbons (Fsp3) is 0.273. The predicted octanol–water partition coefficient (Wildman–Crippen LogP) is 2.70. The Labute approximate surface area is 104 Å². The van der Waals surface area contributed by atoms with Gasteiger partial charge in [-0.3, -0.25) is 5.32 Å². The Morgan fingerprint density at radius 1 is 1.41 bits per heavy atom. The number of carbonyl (C=O) groups excluding carboxylic acids is 2. The zero-order chi connectivity index (χ0) is 12.8. The first-order chi connectivity index (χ1) is 8.08. The van der Waals surface area contributed by atoms with Gasteiger partial charge < -0.3 is 9.47 Å². The van der Waals surface area contributed by atoms with E-state index in [0.717, 1.165) is 0 Å². The molecule has 0 radical (unpaired) electrons. The van der Waals surface area contributed by atoms with Gasteiger partial charge in [0.05, 0.1) is 25.0 Å². The van der Waals surface area contributed by atoms with Crippen LogP contribution in [-0.2, 0) is 9.47 Å². The zero-order valence-corrected chi connectivity index (χ0v) is 10.2. The summed E-state index contributed by atoms with van der Waals surface area (Å²) in [5, 5.41) is 2.81. The Hall–Kier alpha value is -1.75. The Balaban J connectivity index is 2.98. The minimum Gasteiger partial charge on any atom is -0.465 e. The Kier molecular flexibility index (Phi) is 4.78. The van der Waals surface area contributed by atoms with Crippen molar-refractivity contribution >= 4 is 29.4 Å². The molecule has 0 atom stereocenters. The van der Waals surface area contributed by atoms with Crippen LogP contribution in [0.15, 0.2) is 18.2 Å². The maximum Gasteiger partial charge on any atom is 0.411 e. The summed E-state index contributed by atoms with van der Waals surface area (Å²) in [6.45, 7) is 1.93. The molecule has 0 saturated heterocycles. The number of ether oxygens (including phenoxy) is 2. The quantitative estimate of drug-likeness (QED) is 0.846. The van der Waals surface area contributed by atoms with E-state index in [4.69, 9.17) is 16.3 Å². The summed E-state index contributed by atoms with van der Waals surface area (Å²) in [6.07, 6.45) is -0.639. The van der Waals surface area contributed by atoms with Gasteiger partial charge in [-0.2, -0.15) is 0 Å². The van der Waals surface area contributed by atoms with Crippen LogP contribution in [0.4, 0.5) is 10.5 Å². The number of hydrogen-bond donors (Lipinski definition) is 1. The van der Waals surface area contributed by atoms with E-state index in [2.05, 4.69) is 10.1 Å². The second-order valence-corrected chi connectivity index (χ2v) is 3.46. The van der Waals surface area contributed by atoms with E-state index in [-0.39, 0.29) is 12.2 Å². The van der Waals surface area contributed by atoms with Crippen molar-refractivity contribution in [2.45, 2.75) is 6.92 Å². The molecule has 6 heteroatoms. The lowest BCUT2D eigenvalue weighted by molar-refractivity contribution is 0.0602. The summed E-state index contributed by atoms with van der Waals surface area (Å²) in [6, 6.07) is 4.47. The molecule has 0 aromatic heterocycles. The van der Waals surface area contributed by atoms with E-state index in [0.29, 0.717) is 10.7 Å². The summed E-state index contributed by atoms with van der Waals surface area (Å²) in [5.74, 6) is -0.584. The summed E-state index contributed by atoms with van der Waals surface area (Å²) >= 11 is 5.76. The lowest BCUT2D eigenvalue weighted by Gasteiger charge is -2.09. The fourth-order valence-electron chi connectivity index (χ4n) is 1.18. The first-order valence-electron chi connectivity index (χ1n) is 4.90. The first-order valence-corrected chi connectivity index (χ1v) is 5.28. The van der Waals surface area contributed by atoms with Crippen molar-refractivity contribution in [2.75, 3.05) is 19.0 Å². The highest BCUT2D eigenvalue weighted by Gasteiger charge is 2.14. The molecule has 0 aliphatic rings. The van der Waals surface area contributed by atoms with Crippen LogP contribution in [0, 0.1) is 0 Å². The lowest BCUT2D eigenvalue weighted by atomic mass is 10.2. The standard InChI is InChI=1S/C11H12ClNO4/c1-3-17-11(15)13-9-5-4-7(12)6-8(9)10(14)16-2/h4-6H,3H2,1-2H3,(H,13,15). The van der Waals surface area contributed by atoms with Gasteiger partial charge in [0.15, 0.2) is 0 Å². The molecule has 1 N–H and O–H groups in total. The largest absolute Gasteiger partial charge is 0.465 e. The van der Waals surface area contributed by atoms with Crippen LogP contribution in [0.5, 0.6) is 0 Å². The summed E-state index contributed by atoms with van der Waals surface area (Å²) in [7, 11) is 1.25. The molecule has 5 nitrogen and oxygen atoms in total. The van der Waals surface area contributed by atoms with Crippen molar-refractivity contribution in [1.82, 2.24) is 0 Å². The van der Waals surface area contributed by atoms with Crippen molar-refractivity contribution in [3.05, 3.63) is 28.8 Å². The number of rotatable bonds is 3. The Morgan fingerprint density at radius 2 is 2.12 bits per heavy atom. The van der Waals surface area contributed by atoms with Gasteiger partial charge >= 0.3 is 12.1 Å². The van der Waals surface area contributed by atoms with Gasteiger partial charge in [0.2, 0.25) is 0 Å². The summed E-state index contributed by atoms with van der Waals surface area (Å²) < 4.78 is 9.29. The Bertz CT molecular complexity index is 433. The number of amides is 1. The molecule has 1 aromatic carbocycles. The molecule has 0 aliphatic carbocycles. The molecule has 0 unspecified atom stereocenters. The second kappa shape index (κ2) is 6.10. The highest BCUT2D eigenvalue weighted by Crippen LogP contribution is 2.21. The van der Waals surface area contributed by atoms with E-state index in [1.165, 1.54) is 19.2 Å². The maximum absolute atomic E-state index is 11.5. The van der Waals surface area contributed by atoms with Gasteiger partial charge in [-0.1, -0.05) is 11.6 Å². The average molecular weight is 258 g/mol. The highest BCUT2D eigenvalue weighted by atomic mass is 35.5. The van der Waals surface area contributed by atoms with E-state index in [9.17, 15) is 9.59 Å². The van der Waals surface area contributed by atoms with Crippen LogP contribution in [0.3, 0.4) is 0 Å². The first kappa shape index (κ1) is 13.3. The molecule has 0 heterocycles. The van der Waals surface area contributed by atoms with Gasteiger partial charge in [-0.15, -0.1) is 0 Å². The van der Waals surface area contributed by atoms with E-state index in [1.807, 2.05) is 0 Å². The number of benzene rings is 1. The molecular weight excluding hydrogens is 246 g/mol. The maximum atomic E-state index is 11.5. The number of anilines is 1. The van der Waals surface area contributed by atoms with Crippen molar-refractivity contribution in [3.8, 4) is 0 Å². The van der Waals surface area contributed by atoms with Crippen LogP contribution in [0.2, 0.25) is 5.02 Å². The number of hydrogen-bond acceptors (Lipinski definition) is 4. The third-order valence-corrected chi connectivity index (χ3v) is 2.13. The number of nitrogens with one attached hydrogen (secondary N) is 1. The van der Waals surface area contributed by atoms with E-state index >= 15 is 0 Å². The van der Waals surface area contributed by atoms with Gasteiger partial charge in [0.25, 0.3) is 0 Å². The van der Waals surface area contributed by atoms with Gasteiger partial charge in [0.1, 0.15) is 0 Å². The van der Waals surface area contributed by atoms with Crippen molar-refractivity contribution in [3.63, 3.8) is 0 Å². The van der Waals surface area contributed by atoms with Gasteiger partial charge in [-0.25, -0.2) is 9.59 Å². The molecule has 0 aliphatic heterocycles. The van der Waals surface area contributed by atoms with Crippen LogP contribution >= 0.6 is 11.6 Å². The SMILES string of the molecule is CCOC(=O)Nc1ccc(Cl)cc1C(=O)OC. The molecule has 1 amide bonds.